The first-order valence-electron chi connectivity index (χ1n) is 7.16. The Bertz CT molecular complexity index is 608. The largest absolute Gasteiger partial charge is 0.312 e. The van der Waals surface area contributed by atoms with Crippen LogP contribution in [-0.4, -0.2) is 11.5 Å². The first-order valence-corrected chi connectivity index (χ1v) is 8.73. The van der Waals surface area contributed by atoms with Gasteiger partial charge in [0.1, 0.15) is 5.01 Å². The van der Waals surface area contributed by atoms with E-state index in [0.29, 0.717) is 16.0 Å². The summed E-state index contributed by atoms with van der Waals surface area (Å²) in [6, 6.07) is 5.67. The van der Waals surface area contributed by atoms with E-state index >= 15 is 0 Å². The van der Waals surface area contributed by atoms with Crippen molar-refractivity contribution in [1.29, 1.82) is 0 Å². The summed E-state index contributed by atoms with van der Waals surface area (Å²) in [5.74, 6) is 0.651. The molecule has 0 aliphatic carbocycles. The predicted molar refractivity (Wildman–Crippen MR) is 93.5 cm³/mol. The highest BCUT2D eigenvalue weighted by molar-refractivity contribution is 7.15. The fourth-order valence-corrected chi connectivity index (χ4v) is 3.44. The molecule has 0 radical (unpaired) electrons. The van der Waals surface area contributed by atoms with Crippen LogP contribution in [0.4, 0.5) is 0 Å². The van der Waals surface area contributed by atoms with E-state index < -0.39 is 0 Å². The van der Waals surface area contributed by atoms with Gasteiger partial charge in [-0.1, -0.05) is 50.0 Å². The lowest BCUT2D eigenvalue weighted by Crippen LogP contribution is -2.18. The van der Waals surface area contributed by atoms with Gasteiger partial charge in [-0.25, -0.2) is 4.98 Å². The molecule has 0 spiro atoms. The molecule has 0 aliphatic heterocycles. The smallest absolute Gasteiger partial charge is 0.123 e. The highest BCUT2D eigenvalue weighted by Gasteiger charge is 2.12. The molecule has 2 aromatic rings. The van der Waals surface area contributed by atoms with Gasteiger partial charge in [-0.2, -0.15) is 0 Å². The minimum atomic E-state index is 0.571. The number of aryl methyl sites for hydroxylation is 1. The van der Waals surface area contributed by atoms with Crippen LogP contribution in [0.15, 0.2) is 18.2 Å². The first kappa shape index (κ1) is 16.8. The molecule has 1 aromatic carbocycles. The number of benzene rings is 1. The molecule has 0 atom stereocenters. The average molecular weight is 343 g/mol. The van der Waals surface area contributed by atoms with Crippen molar-refractivity contribution >= 4 is 34.5 Å². The molecule has 1 aromatic heterocycles. The topological polar surface area (TPSA) is 24.9 Å². The molecule has 0 fully saturated rings. The van der Waals surface area contributed by atoms with Crippen LogP contribution in [0, 0.1) is 5.92 Å². The van der Waals surface area contributed by atoms with Crippen LogP contribution in [0.2, 0.25) is 10.0 Å². The Morgan fingerprint density at radius 2 is 2.00 bits per heavy atom. The molecule has 0 amide bonds. The van der Waals surface area contributed by atoms with E-state index in [2.05, 4.69) is 26.1 Å². The van der Waals surface area contributed by atoms with Gasteiger partial charge in [-0.05, 0) is 31.0 Å². The Morgan fingerprint density at radius 1 is 1.24 bits per heavy atom. The zero-order chi connectivity index (χ0) is 15.4. The van der Waals surface area contributed by atoms with Crippen molar-refractivity contribution in [3.8, 4) is 10.6 Å². The van der Waals surface area contributed by atoms with Crippen LogP contribution < -0.4 is 5.32 Å². The van der Waals surface area contributed by atoms with Crippen molar-refractivity contribution in [1.82, 2.24) is 10.3 Å². The number of rotatable bonds is 6. The summed E-state index contributed by atoms with van der Waals surface area (Å²) in [5.41, 5.74) is 2.19. The molecule has 1 N–H and O–H groups in total. The van der Waals surface area contributed by atoms with E-state index in [4.69, 9.17) is 28.2 Å². The monoisotopic (exact) mass is 342 g/mol. The van der Waals surface area contributed by atoms with Gasteiger partial charge in [-0.3, -0.25) is 0 Å². The molecule has 2 nitrogen and oxygen atoms in total. The van der Waals surface area contributed by atoms with Crippen molar-refractivity contribution in [2.45, 2.75) is 33.7 Å². The number of hydrogen-bond acceptors (Lipinski definition) is 3. The molecular formula is C16H20Cl2N2S. The molecule has 0 unspecified atom stereocenters. The highest BCUT2D eigenvalue weighted by atomic mass is 35.5. The summed E-state index contributed by atoms with van der Waals surface area (Å²) >= 11 is 13.8. The maximum Gasteiger partial charge on any atom is 0.123 e. The SMILES string of the molecule is CCc1nc(-c2ccc(Cl)c(Cl)c2)sc1CNCC(C)C. The molecule has 0 saturated carbocycles. The third kappa shape index (κ3) is 4.43. The maximum absolute atomic E-state index is 6.10. The Balaban J connectivity index is 2.21. The molecule has 2 rings (SSSR count). The molecule has 1 heterocycles. The number of hydrogen-bond donors (Lipinski definition) is 1. The summed E-state index contributed by atoms with van der Waals surface area (Å²) in [6.07, 6.45) is 0.941. The van der Waals surface area contributed by atoms with Crippen molar-refractivity contribution in [3.05, 3.63) is 38.8 Å². The van der Waals surface area contributed by atoms with Gasteiger partial charge in [0, 0.05) is 17.0 Å². The number of nitrogens with zero attached hydrogens (tertiary/aromatic N) is 1. The lowest BCUT2D eigenvalue weighted by atomic mass is 10.2. The zero-order valence-corrected chi connectivity index (χ0v) is 14.9. The van der Waals surface area contributed by atoms with E-state index in [1.165, 1.54) is 4.88 Å². The summed E-state index contributed by atoms with van der Waals surface area (Å²) < 4.78 is 0. The second-order valence-corrected chi connectivity index (χ2v) is 7.29. The van der Waals surface area contributed by atoms with Crippen molar-refractivity contribution in [2.24, 2.45) is 5.92 Å². The van der Waals surface area contributed by atoms with Crippen molar-refractivity contribution in [2.75, 3.05) is 6.54 Å². The molecular weight excluding hydrogens is 323 g/mol. The molecule has 5 heteroatoms. The van der Waals surface area contributed by atoms with Crippen molar-refractivity contribution in [3.63, 3.8) is 0 Å². The third-order valence-electron chi connectivity index (χ3n) is 3.12. The standard InChI is InChI=1S/C16H20Cl2N2S/c1-4-14-15(9-19-8-10(2)3)21-16(20-14)11-5-6-12(17)13(18)7-11/h5-7,10,19H,4,8-9H2,1-3H3. The second kappa shape index (κ2) is 7.59. The van der Waals surface area contributed by atoms with E-state index in [1.54, 1.807) is 11.3 Å². The lowest BCUT2D eigenvalue weighted by Gasteiger charge is -2.06. The minimum absolute atomic E-state index is 0.571. The van der Waals surface area contributed by atoms with Crippen LogP contribution in [0.25, 0.3) is 10.6 Å². The van der Waals surface area contributed by atoms with Crippen LogP contribution in [0.1, 0.15) is 31.3 Å². The number of thiazole rings is 1. The van der Waals surface area contributed by atoms with Crippen LogP contribution in [0.3, 0.4) is 0 Å². The average Bonchev–Trinajstić information content (AvgIpc) is 2.85. The van der Waals surface area contributed by atoms with Crippen LogP contribution in [-0.2, 0) is 13.0 Å². The van der Waals surface area contributed by atoms with Gasteiger partial charge < -0.3 is 5.32 Å². The van der Waals surface area contributed by atoms with E-state index in [1.807, 2.05) is 18.2 Å². The summed E-state index contributed by atoms with van der Waals surface area (Å²) in [5, 5.41) is 5.64. The van der Waals surface area contributed by atoms with Gasteiger partial charge >= 0.3 is 0 Å². The fraction of sp³-hybridized carbons (Fsp3) is 0.438. The normalized spacial score (nSPS) is 11.3. The van der Waals surface area contributed by atoms with E-state index in [9.17, 15) is 0 Å². The number of nitrogens with one attached hydrogen (secondary N) is 1. The van der Waals surface area contributed by atoms with Crippen LogP contribution >= 0.6 is 34.5 Å². The van der Waals surface area contributed by atoms with Gasteiger partial charge in [0.15, 0.2) is 0 Å². The molecule has 21 heavy (non-hydrogen) atoms. The molecule has 114 valence electrons. The van der Waals surface area contributed by atoms with E-state index in [-0.39, 0.29) is 0 Å². The molecule has 0 bridgehead atoms. The summed E-state index contributed by atoms with van der Waals surface area (Å²) in [7, 11) is 0. The van der Waals surface area contributed by atoms with Crippen molar-refractivity contribution < 1.29 is 0 Å². The zero-order valence-electron chi connectivity index (χ0n) is 12.5. The minimum Gasteiger partial charge on any atom is -0.312 e. The van der Waals surface area contributed by atoms with Gasteiger partial charge in [0.2, 0.25) is 0 Å². The first-order chi connectivity index (χ1) is 10.0. The number of aromatic nitrogens is 1. The Labute approximate surface area is 140 Å². The predicted octanol–water partition coefficient (Wildman–Crippen LogP) is 5.42. The molecule has 0 saturated heterocycles. The fourth-order valence-electron chi connectivity index (χ4n) is 2.02. The Morgan fingerprint density at radius 3 is 2.62 bits per heavy atom. The van der Waals surface area contributed by atoms with Gasteiger partial charge in [-0.15, -0.1) is 11.3 Å². The highest BCUT2D eigenvalue weighted by Crippen LogP contribution is 2.32. The second-order valence-electron chi connectivity index (χ2n) is 5.40. The maximum atomic E-state index is 6.10. The van der Waals surface area contributed by atoms with Crippen LogP contribution in [0.5, 0.6) is 0 Å². The van der Waals surface area contributed by atoms with Gasteiger partial charge in [0.05, 0.1) is 15.7 Å². The number of halogens is 2. The summed E-state index contributed by atoms with van der Waals surface area (Å²) in [4.78, 5) is 6.05. The quantitative estimate of drug-likeness (QED) is 0.757. The Kier molecular flexibility index (Phi) is 6.06. The van der Waals surface area contributed by atoms with Gasteiger partial charge in [0.25, 0.3) is 0 Å². The summed E-state index contributed by atoms with van der Waals surface area (Å²) in [6.45, 7) is 8.45. The third-order valence-corrected chi connectivity index (χ3v) is 5.00. The van der Waals surface area contributed by atoms with E-state index in [0.717, 1.165) is 35.8 Å². The lowest BCUT2D eigenvalue weighted by molar-refractivity contribution is 0.553. The molecule has 0 aliphatic rings. The Hall–Kier alpha value is -0.610.